The summed E-state index contributed by atoms with van der Waals surface area (Å²) in [6, 6.07) is 6.67. The number of sulfonamides is 2. The fourth-order valence-electron chi connectivity index (χ4n) is 1.88. The molecule has 2 aromatic rings. The summed E-state index contributed by atoms with van der Waals surface area (Å²) in [5, 5.41) is -0.894. The molecule has 27 heavy (non-hydrogen) atoms. The zero-order valence-corrected chi connectivity index (χ0v) is 16.5. The molecule has 11 nitrogen and oxygen atoms in total. The number of hydrogen-bond acceptors (Lipinski definition) is 6. The van der Waals surface area contributed by atoms with Gasteiger partial charge in [0.25, 0.3) is 20.0 Å². The lowest BCUT2D eigenvalue weighted by atomic mass is 10.4. The van der Waals surface area contributed by atoms with E-state index >= 15 is 0 Å². The summed E-state index contributed by atoms with van der Waals surface area (Å²) in [5.41, 5.74) is 0. The lowest BCUT2D eigenvalue weighted by molar-refractivity contribution is 0.385. The van der Waals surface area contributed by atoms with Crippen LogP contribution in [0, 0.1) is 0 Å². The van der Waals surface area contributed by atoms with E-state index in [9.17, 15) is 26.0 Å². The van der Waals surface area contributed by atoms with Crippen molar-refractivity contribution in [2.45, 2.75) is 9.79 Å². The molecule has 0 fully saturated rings. The third kappa shape index (κ3) is 5.32. The van der Waals surface area contributed by atoms with Crippen LogP contribution in [0.1, 0.15) is 0 Å². The average molecular weight is 457 g/mol. The Kier molecular flexibility index (Phi) is 5.84. The number of hydrogen-bond donors (Lipinski definition) is 5. The van der Waals surface area contributed by atoms with Crippen LogP contribution in [0.2, 0.25) is 0 Å². The lowest BCUT2D eigenvalue weighted by Crippen LogP contribution is -2.31. The van der Waals surface area contributed by atoms with Gasteiger partial charge < -0.3 is 19.6 Å². The Bertz CT molecular complexity index is 1050. The van der Waals surface area contributed by atoms with Crippen molar-refractivity contribution < 1.29 is 45.5 Å². The van der Waals surface area contributed by atoms with Crippen molar-refractivity contribution in [1.29, 1.82) is 0 Å². The summed E-state index contributed by atoms with van der Waals surface area (Å²) in [4.78, 5) is 34.8. The fraction of sp³-hybridized carbons (Fsp3) is 0. The molecule has 2 aromatic carbocycles. The van der Waals surface area contributed by atoms with Gasteiger partial charge in [-0.2, -0.15) is 0 Å². The van der Waals surface area contributed by atoms with Gasteiger partial charge in [-0.15, -0.1) is 4.13 Å². The summed E-state index contributed by atoms with van der Waals surface area (Å²) >= 11 is 0. The van der Waals surface area contributed by atoms with Crippen LogP contribution < -0.4 is 14.7 Å². The molecule has 0 aliphatic rings. The van der Waals surface area contributed by atoms with Crippen LogP contribution in [0.15, 0.2) is 58.3 Å². The quantitative estimate of drug-likeness (QED) is 0.334. The molecular formula is C12H13NO10P2S2. The molecule has 148 valence electrons. The van der Waals surface area contributed by atoms with Gasteiger partial charge in [0.15, 0.2) is 0 Å². The second kappa shape index (κ2) is 7.21. The topological polar surface area (TPSA) is 195 Å². The zero-order valence-electron chi connectivity index (χ0n) is 13.1. The molecule has 0 aromatic heterocycles. The van der Waals surface area contributed by atoms with Crippen LogP contribution >= 0.6 is 15.2 Å². The van der Waals surface area contributed by atoms with Crippen LogP contribution in [0.5, 0.6) is 0 Å². The van der Waals surface area contributed by atoms with Crippen LogP contribution in [-0.4, -0.2) is 36.4 Å². The van der Waals surface area contributed by atoms with E-state index in [1.807, 2.05) is 0 Å². The first kappa shape index (κ1) is 21.9. The Morgan fingerprint density at radius 2 is 0.852 bits per heavy atom. The van der Waals surface area contributed by atoms with Gasteiger partial charge >= 0.3 is 15.2 Å². The fourth-order valence-corrected chi connectivity index (χ4v) is 5.87. The van der Waals surface area contributed by atoms with Crippen LogP contribution in [-0.2, 0) is 29.2 Å². The lowest BCUT2D eigenvalue weighted by Gasteiger charge is -2.10. The molecular weight excluding hydrogens is 444 g/mol. The van der Waals surface area contributed by atoms with Gasteiger partial charge in [-0.05, 0) is 48.5 Å². The standard InChI is InChI=1S/C12H13NO10P2S2/c14-24(15,16)9-1-5-11(6-2-9)26(20,21)13-27(22,23)12-7-3-10(4-8-12)25(17,18)19/h1-8,13H,(H2,14,15,16)(H2,17,18,19). The first-order valence-electron chi connectivity index (χ1n) is 6.74. The van der Waals surface area contributed by atoms with E-state index in [0.717, 1.165) is 48.5 Å². The van der Waals surface area contributed by atoms with E-state index in [1.54, 1.807) is 0 Å². The van der Waals surface area contributed by atoms with Crippen molar-refractivity contribution in [3.63, 3.8) is 0 Å². The molecule has 0 saturated carbocycles. The van der Waals surface area contributed by atoms with Gasteiger partial charge in [0.2, 0.25) is 0 Å². The molecule has 0 aliphatic heterocycles. The molecule has 0 amide bonds. The molecule has 0 saturated heterocycles. The van der Waals surface area contributed by atoms with Gasteiger partial charge in [0.1, 0.15) is 0 Å². The molecule has 2 rings (SSSR count). The predicted octanol–water partition coefficient (Wildman–Crippen LogP) is -1.04. The molecule has 0 radical (unpaired) electrons. The van der Waals surface area contributed by atoms with Gasteiger partial charge in [-0.25, -0.2) is 16.8 Å². The predicted molar refractivity (Wildman–Crippen MR) is 93.7 cm³/mol. The number of rotatable bonds is 6. The first-order valence-corrected chi connectivity index (χ1v) is 12.9. The minimum absolute atomic E-state index is 0.447. The highest BCUT2D eigenvalue weighted by molar-refractivity contribution is 8.04. The SMILES string of the molecule is O=P(O)(O)c1ccc(S(=O)(=O)NS(=O)(=O)c2ccc(P(=O)(O)O)cc2)cc1. The molecule has 0 aliphatic carbocycles. The van der Waals surface area contributed by atoms with Gasteiger partial charge in [-0.3, -0.25) is 9.13 Å². The van der Waals surface area contributed by atoms with Gasteiger partial charge in [0, 0.05) is 0 Å². The smallest absolute Gasteiger partial charge is 0.321 e. The molecule has 0 unspecified atom stereocenters. The minimum atomic E-state index is -4.61. The van der Waals surface area contributed by atoms with Crippen molar-refractivity contribution in [2.24, 2.45) is 0 Å². The minimum Gasteiger partial charge on any atom is -0.321 e. The highest BCUT2D eigenvalue weighted by Crippen LogP contribution is 2.34. The van der Waals surface area contributed by atoms with Crippen molar-refractivity contribution in [3.8, 4) is 0 Å². The second-order valence-corrected chi connectivity index (χ2v) is 12.0. The summed E-state index contributed by atoms with van der Waals surface area (Å²) in [6.07, 6.45) is 0. The molecule has 0 spiro atoms. The average Bonchev–Trinajstić information content (AvgIpc) is 2.52. The van der Waals surface area contributed by atoms with Crippen LogP contribution in [0.25, 0.3) is 0 Å². The molecule has 0 heterocycles. The van der Waals surface area contributed by atoms with E-state index in [-0.39, 0.29) is 0 Å². The summed E-state index contributed by atoms with van der Waals surface area (Å²) < 4.78 is 72.4. The van der Waals surface area contributed by atoms with Crippen molar-refractivity contribution >= 4 is 45.8 Å². The van der Waals surface area contributed by atoms with Gasteiger partial charge in [-0.1, -0.05) is 0 Å². The largest absolute Gasteiger partial charge is 0.356 e. The normalized spacial score (nSPS) is 13.5. The zero-order chi connectivity index (χ0) is 20.7. The highest BCUT2D eigenvalue weighted by Gasteiger charge is 2.26. The molecule has 15 heteroatoms. The summed E-state index contributed by atoms with van der Waals surface area (Å²) in [6.45, 7) is 0. The van der Waals surface area contributed by atoms with Crippen molar-refractivity contribution in [3.05, 3.63) is 48.5 Å². The Morgan fingerprint density at radius 3 is 1.07 bits per heavy atom. The maximum Gasteiger partial charge on any atom is 0.356 e. The van der Waals surface area contributed by atoms with E-state index in [2.05, 4.69) is 0 Å². The van der Waals surface area contributed by atoms with E-state index in [0.29, 0.717) is 0 Å². The Balaban J connectivity index is 2.33. The van der Waals surface area contributed by atoms with Crippen molar-refractivity contribution in [1.82, 2.24) is 4.13 Å². The molecule has 0 atom stereocenters. The van der Waals surface area contributed by atoms with Gasteiger partial charge in [0.05, 0.1) is 20.4 Å². The van der Waals surface area contributed by atoms with E-state index in [1.165, 1.54) is 4.13 Å². The highest BCUT2D eigenvalue weighted by atomic mass is 32.3. The summed E-state index contributed by atoms with van der Waals surface area (Å²) in [7, 11) is -18.4. The molecule has 5 N–H and O–H groups in total. The molecule has 0 bridgehead atoms. The Labute approximate surface area is 154 Å². The number of nitrogens with one attached hydrogen (secondary N) is 1. The monoisotopic (exact) mass is 457 g/mol. The first-order chi connectivity index (χ1) is 12.1. The third-order valence-corrected chi connectivity index (χ3v) is 8.67. The summed E-state index contributed by atoms with van der Waals surface area (Å²) in [5.74, 6) is 0. The third-order valence-electron chi connectivity index (χ3n) is 3.19. The van der Waals surface area contributed by atoms with Crippen LogP contribution in [0.4, 0.5) is 0 Å². The second-order valence-electron chi connectivity index (χ2n) is 5.17. The maximum atomic E-state index is 12.2. The Hall–Kier alpha value is -1.40. The van der Waals surface area contributed by atoms with E-state index < -0.39 is 55.6 Å². The Morgan fingerprint density at radius 1 is 0.593 bits per heavy atom. The number of benzene rings is 2. The van der Waals surface area contributed by atoms with E-state index in [4.69, 9.17) is 19.6 Å². The maximum absolute atomic E-state index is 12.2. The van der Waals surface area contributed by atoms with Crippen molar-refractivity contribution in [2.75, 3.05) is 0 Å². The van der Waals surface area contributed by atoms with Crippen LogP contribution in [0.3, 0.4) is 0 Å².